The molecule has 3 atom stereocenters. The van der Waals surface area contributed by atoms with Crippen molar-refractivity contribution in [2.24, 2.45) is 5.92 Å². The lowest BCUT2D eigenvalue weighted by molar-refractivity contribution is 0.627. The van der Waals surface area contributed by atoms with E-state index in [0.717, 1.165) is 39.5 Å². The van der Waals surface area contributed by atoms with Crippen LogP contribution in [0.25, 0.3) is 5.70 Å². The summed E-state index contributed by atoms with van der Waals surface area (Å²) in [6.07, 6.45) is 0. The Morgan fingerprint density at radius 2 is 1.61 bits per heavy atom. The van der Waals surface area contributed by atoms with Crippen LogP contribution in [0.2, 0.25) is 5.02 Å². The van der Waals surface area contributed by atoms with E-state index in [9.17, 15) is 4.39 Å². The van der Waals surface area contributed by atoms with Crippen molar-refractivity contribution < 1.29 is 4.39 Å². The lowest BCUT2D eigenvalue weighted by Gasteiger charge is -2.16. The maximum atomic E-state index is 13.6. The van der Waals surface area contributed by atoms with Gasteiger partial charge in [0.25, 0.3) is 0 Å². The van der Waals surface area contributed by atoms with Gasteiger partial charge in [-0.2, -0.15) is 0 Å². The Kier molecular flexibility index (Phi) is 6.30. The lowest BCUT2D eigenvalue weighted by Crippen LogP contribution is -2.06. The van der Waals surface area contributed by atoms with Crippen LogP contribution in [0.3, 0.4) is 0 Å². The molecule has 0 bridgehead atoms. The maximum Gasteiger partial charge on any atom is 0.141 e. The molecule has 5 heteroatoms. The van der Waals surface area contributed by atoms with E-state index in [4.69, 9.17) is 23.2 Å². The van der Waals surface area contributed by atoms with Crippen LogP contribution in [-0.2, 0) is 0 Å². The van der Waals surface area contributed by atoms with Crippen molar-refractivity contribution in [3.8, 4) is 0 Å². The van der Waals surface area contributed by atoms with Crippen molar-refractivity contribution in [2.75, 3.05) is 10.6 Å². The second kappa shape index (κ2) is 8.89. The zero-order valence-electron chi connectivity index (χ0n) is 19.0. The first kappa shape index (κ1) is 23.4. The highest BCUT2D eigenvalue weighted by Crippen LogP contribution is 2.64. The second-order valence-electron chi connectivity index (χ2n) is 8.93. The summed E-state index contributed by atoms with van der Waals surface area (Å²) in [6.45, 7) is 14.6. The summed E-state index contributed by atoms with van der Waals surface area (Å²) in [5.74, 6) is -0.447. The molecule has 33 heavy (non-hydrogen) atoms. The number of hydrogen-bond acceptors (Lipinski definition) is 2. The quantitative estimate of drug-likeness (QED) is 0.331. The highest BCUT2D eigenvalue weighted by molar-refractivity contribution is 6.31. The van der Waals surface area contributed by atoms with E-state index in [1.807, 2.05) is 25.1 Å². The summed E-state index contributed by atoms with van der Waals surface area (Å²) >= 11 is 12.8. The van der Waals surface area contributed by atoms with Gasteiger partial charge in [0.15, 0.2) is 0 Å². The van der Waals surface area contributed by atoms with Crippen molar-refractivity contribution in [2.45, 2.75) is 31.6 Å². The molecule has 2 nitrogen and oxygen atoms in total. The fourth-order valence-corrected chi connectivity index (χ4v) is 5.05. The monoisotopic (exact) mass is 480 g/mol. The van der Waals surface area contributed by atoms with Gasteiger partial charge >= 0.3 is 0 Å². The van der Waals surface area contributed by atoms with Crippen molar-refractivity contribution in [1.82, 2.24) is 0 Å². The molecule has 0 radical (unpaired) electrons. The third-order valence-electron chi connectivity index (χ3n) is 6.33. The van der Waals surface area contributed by atoms with Crippen LogP contribution in [0.15, 0.2) is 79.5 Å². The van der Waals surface area contributed by atoms with Gasteiger partial charge in [-0.1, -0.05) is 54.6 Å². The van der Waals surface area contributed by atoms with Gasteiger partial charge < -0.3 is 10.6 Å². The summed E-state index contributed by atoms with van der Waals surface area (Å²) in [5, 5.41) is 6.91. The summed E-state index contributed by atoms with van der Waals surface area (Å²) in [6, 6.07) is 19.1. The Morgan fingerprint density at radius 1 is 0.939 bits per heavy atom. The van der Waals surface area contributed by atoms with Crippen LogP contribution >= 0.6 is 23.2 Å². The number of benzene rings is 3. The Labute approximate surface area is 205 Å². The predicted molar refractivity (Wildman–Crippen MR) is 140 cm³/mol. The van der Waals surface area contributed by atoms with Gasteiger partial charge in [0.1, 0.15) is 5.82 Å². The molecule has 1 aliphatic carbocycles. The molecule has 0 aliphatic heterocycles. The fraction of sp³-hybridized carbons (Fsp3) is 0.214. The number of rotatable bonds is 7. The Hall–Kier alpha value is -2.75. The topological polar surface area (TPSA) is 24.1 Å². The van der Waals surface area contributed by atoms with E-state index >= 15 is 0 Å². The number of nitrogens with one attached hydrogen (secondary N) is 2. The third kappa shape index (κ3) is 4.80. The highest BCUT2D eigenvalue weighted by Gasteiger charge is 2.62. The minimum absolute atomic E-state index is 0.000328. The van der Waals surface area contributed by atoms with Crippen LogP contribution in [0.4, 0.5) is 15.8 Å². The van der Waals surface area contributed by atoms with Gasteiger partial charge in [0.2, 0.25) is 0 Å². The minimum atomic E-state index is -0.518. The van der Waals surface area contributed by atoms with Gasteiger partial charge in [-0.15, -0.1) is 11.6 Å². The molecule has 0 saturated heterocycles. The molecule has 4 rings (SSSR count). The molecule has 0 spiro atoms. The normalized spacial score (nSPS) is 21.4. The number of halogens is 3. The molecule has 1 saturated carbocycles. The number of aryl methyl sites for hydroxylation is 2. The van der Waals surface area contributed by atoms with Gasteiger partial charge in [-0.05, 0) is 68.3 Å². The average molecular weight is 481 g/mol. The smallest absolute Gasteiger partial charge is 0.141 e. The van der Waals surface area contributed by atoms with Gasteiger partial charge in [-0.25, -0.2) is 4.39 Å². The first-order chi connectivity index (χ1) is 15.6. The van der Waals surface area contributed by atoms with E-state index in [1.165, 1.54) is 11.6 Å². The first-order valence-electron chi connectivity index (χ1n) is 10.8. The van der Waals surface area contributed by atoms with E-state index in [2.05, 4.69) is 61.9 Å². The van der Waals surface area contributed by atoms with Crippen LogP contribution in [-0.4, -0.2) is 4.87 Å². The molecular formula is C28H27Cl2FN2. The molecule has 0 aromatic heterocycles. The van der Waals surface area contributed by atoms with Gasteiger partial charge in [0, 0.05) is 40.2 Å². The van der Waals surface area contributed by atoms with E-state index < -0.39 is 10.7 Å². The molecule has 3 unspecified atom stereocenters. The molecule has 170 valence electrons. The third-order valence-corrected chi connectivity index (χ3v) is 7.09. The molecule has 0 heterocycles. The van der Waals surface area contributed by atoms with Crippen molar-refractivity contribution in [1.29, 1.82) is 0 Å². The molecule has 1 fully saturated rings. The molecule has 3 aromatic rings. The van der Waals surface area contributed by atoms with E-state index in [-0.39, 0.29) is 16.9 Å². The SMILES string of the molecule is C=C(Nc1ccc(C)cc1)c1cc(NC(=C)C2C(c3ccc(F)c(Cl)c3)C2(C)Cl)ccc1C. The number of anilines is 2. The highest BCUT2D eigenvalue weighted by atomic mass is 35.5. The van der Waals surface area contributed by atoms with Gasteiger partial charge in [-0.3, -0.25) is 0 Å². The summed E-state index contributed by atoms with van der Waals surface area (Å²) in [4.78, 5) is -0.518. The lowest BCUT2D eigenvalue weighted by atomic mass is 10.0. The zero-order valence-corrected chi connectivity index (χ0v) is 20.5. The van der Waals surface area contributed by atoms with Crippen LogP contribution in [0, 0.1) is 25.6 Å². The number of alkyl halides is 1. The van der Waals surface area contributed by atoms with Crippen molar-refractivity contribution >= 4 is 40.3 Å². The Balaban J connectivity index is 1.50. The molecule has 1 aliphatic rings. The van der Waals surface area contributed by atoms with Crippen molar-refractivity contribution in [3.63, 3.8) is 0 Å². The van der Waals surface area contributed by atoms with Crippen LogP contribution in [0.1, 0.15) is 35.1 Å². The standard InChI is InChI=1S/C28H27Cl2FN2/c1-16-6-10-21(11-7-16)32-18(3)23-15-22(12-8-17(23)2)33-19(4)26-27(28(26,5)30)20-9-13-25(31)24(29)14-20/h6-15,26-27,32-33H,3-4H2,1-2,5H3. The fourth-order valence-electron chi connectivity index (χ4n) is 4.41. The predicted octanol–water partition coefficient (Wildman–Crippen LogP) is 8.52. The zero-order chi connectivity index (χ0) is 23.9. The Morgan fingerprint density at radius 3 is 2.27 bits per heavy atom. The first-order valence-corrected chi connectivity index (χ1v) is 11.6. The van der Waals surface area contributed by atoms with Crippen molar-refractivity contribution in [3.05, 3.63) is 113 Å². The summed E-state index contributed by atoms with van der Waals surface area (Å²) in [5.41, 5.74) is 7.77. The minimum Gasteiger partial charge on any atom is -0.359 e. The summed E-state index contributed by atoms with van der Waals surface area (Å²) in [7, 11) is 0. The molecule has 3 aromatic carbocycles. The van der Waals surface area contributed by atoms with E-state index in [0.29, 0.717) is 0 Å². The summed E-state index contributed by atoms with van der Waals surface area (Å²) < 4.78 is 13.6. The largest absolute Gasteiger partial charge is 0.359 e. The van der Waals surface area contributed by atoms with Gasteiger partial charge in [0.05, 0.1) is 9.90 Å². The number of allylic oxidation sites excluding steroid dienone is 1. The molecular weight excluding hydrogens is 454 g/mol. The Bertz CT molecular complexity index is 1230. The molecule has 0 amide bonds. The molecule has 2 N–H and O–H groups in total. The van der Waals surface area contributed by atoms with E-state index in [1.54, 1.807) is 12.1 Å². The maximum absolute atomic E-state index is 13.6. The number of hydrogen-bond donors (Lipinski definition) is 2. The van der Waals surface area contributed by atoms with Crippen LogP contribution in [0.5, 0.6) is 0 Å². The average Bonchev–Trinajstić information content (AvgIpc) is 3.35. The van der Waals surface area contributed by atoms with Crippen LogP contribution < -0.4 is 10.6 Å². The second-order valence-corrected chi connectivity index (χ2v) is 10.2.